The summed E-state index contributed by atoms with van der Waals surface area (Å²) in [5, 5.41) is 5.67. The Morgan fingerprint density at radius 2 is 1.74 bits per heavy atom. The van der Waals surface area contributed by atoms with E-state index in [1.54, 1.807) is 0 Å². The standard InChI is InChI=1S/C20H14F6N2O3/c1-11-14(10-30-13-6-4-5-12(9-13)19(21,22)23)17(28-31-11)18(29)27-16-8-3-2-7-15(16)20(24,25)26/h2-9H,10H2,1H3,(H,27,29). The fourth-order valence-electron chi connectivity index (χ4n) is 2.68. The molecule has 0 unspecified atom stereocenters. The minimum atomic E-state index is -4.70. The highest BCUT2D eigenvalue weighted by atomic mass is 19.4. The molecule has 1 amide bonds. The Bertz CT molecular complexity index is 1090. The number of aromatic nitrogens is 1. The number of alkyl halides is 6. The first-order valence-corrected chi connectivity index (χ1v) is 8.69. The van der Waals surface area contributed by atoms with Gasteiger partial charge in [-0.2, -0.15) is 26.3 Å². The number of carbonyl (C=O) groups excluding carboxylic acids is 1. The largest absolute Gasteiger partial charge is 0.489 e. The molecule has 0 aliphatic heterocycles. The van der Waals surface area contributed by atoms with Gasteiger partial charge >= 0.3 is 12.4 Å². The van der Waals surface area contributed by atoms with Gasteiger partial charge in [0.05, 0.1) is 22.4 Å². The number of amides is 1. The normalized spacial score (nSPS) is 12.0. The topological polar surface area (TPSA) is 64.4 Å². The van der Waals surface area contributed by atoms with Gasteiger partial charge < -0.3 is 14.6 Å². The van der Waals surface area contributed by atoms with Crippen molar-refractivity contribution in [3.8, 4) is 5.75 Å². The van der Waals surface area contributed by atoms with Crippen molar-refractivity contribution < 1.29 is 40.4 Å². The molecule has 2 aromatic carbocycles. The summed E-state index contributed by atoms with van der Waals surface area (Å²) in [6.45, 7) is 1.04. The van der Waals surface area contributed by atoms with E-state index in [1.165, 1.54) is 25.1 Å². The number of nitrogens with zero attached hydrogens (tertiary/aromatic N) is 1. The molecule has 164 valence electrons. The summed E-state index contributed by atoms with van der Waals surface area (Å²) in [4.78, 5) is 12.5. The summed E-state index contributed by atoms with van der Waals surface area (Å²) in [6.07, 6.45) is -9.26. The van der Waals surface area contributed by atoms with Crippen LogP contribution in [-0.2, 0) is 19.0 Å². The van der Waals surface area contributed by atoms with Crippen molar-refractivity contribution in [3.05, 3.63) is 76.7 Å². The van der Waals surface area contributed by atoms with Gasteiger partial charge in [0.2, 0.25) is 0 Å². The number of rotatable bonds is 5. The van der Waals surface area contributed by atoms with E-state index >= 15 is 0 Å². The summed E-state index contributed by atoms with van der Waals surface area (Å²) < 4.78 is 88.1. The summed E-state index contributed by atoms with van der Waals surface area (Å²) in [5.74, 6) is -0.985. The number of hydrogen-bond donors (Lipinski definition) is 1. The first-order chi connectivity index (χ1) is 14.5. The van der Waals surface area contributed by atoms with Crippen LogP contribution in [0.2, 0.25) is 0 Å². The Labute approximate surface area is 171 Å². The predicted octanol–water partition coefficient (Wildman–Crippen LogP) is 5.85. The van der Waals surface area contributed by atoms with Crippen LogP contribution in [0.25, 0.3) is 0 Å². The lowest BCUT2D eigenvalue weighted by Gasteiger charge is -2.13. The molecule has 0 aliphatic carbocycles. The van der Waals surface area contributed by atoms with Crippen LogP contribution >= 0.6 is 0 Å². The van der Waals surface area contributed by atoms with Gasteiger partial charge in [-0.3, -0.25) is 4.79 Å². The van der Waals surface area contributed by atoms with Gasteiger partial charge in [0, 0.05) is 0 Å². The van der Waals surface area contributed by atoms with E-state index in [9.17, 15) is 31.1 Å². The van der Waals surface area contributed by atoms with Crippen molar-refractivity contribution in [1.82, 2.24) is 5.16 Å². The minimum absolute atomic E-state index is 0.0828. The average molecular weight is 444 g/mol. The van der Waals surface area contributed by atoms with Gasteiger partial charge in [0.25, 0.3) is 5.91 Å². The number of nitrogens with one attached hydrogen (secondary N) is 1. The maximum Gasteiger partial charge on any atom is 0.418 e. The molecule has 3 rings (SSSR count). The van der Waals surface area contributed by atoms with Crippen molar-refractivity contribution in [1.29, 1.82) is 0 Å². The molecule has 31 heavy (non-hydrogen) atoms. The number of anilines is 1. The smallest absolute Gasteiger partial charge is 0.418 e. The second-order valence-electron chi connectivity index (χ2n) is 6.38. The van der Waals surface area contributed by atoms with Crippen molar-refractivity contribution in [2.45, 2.75) is 25.9 Å². The number of para-hydroxylation sites is 1. The molecule has 1 heterocycles. The molecule has 11 heteroatoms. The van der Waals surface area contributed by atoms with Crippen LogP contribution in [0.15, 0.2) is 53.1 Å². The van der Waals surface area contributed by atoms with Gasteiger partial charge in [0.1, 0.15) is 18.1 Å². The number of ether oxygens (including phenoxy) is 1. The monoisotopic (exact) mass is 444 g/mol. The Morgan fingerprint density at radius 1 is 1.03 bits per heavy atom. The number of halogens is 6. The third kappa shape index (κ3) is 5.16. The number of benzene rings is 2. The third-order valence-corrected chi connectivity index (χ3v) is 4.22. The molecule has 0 bridgehead atoms. The molecule has 0 saturated heterocycles. The van der Waals surface area contributed by atoms with Crippen molar-refractivity contribution in [2.75, 3.05) is 5.32 Å². The fraction of sp³-hybridized carbons (Fsp3) is 0.200. The van der Waals surface area contributed by atoms with E-state index in [4.69, 9.17) is 9.26 Å². The van der Waals surface area contributed by atoms with Gasteiger partial charge in [-0.25, -0.2) is 0 Å². The van der Waals surface area contributed by atoms with Crippen LogP contribution in [0, 0.1) is 6.92 Å². The van der Waals surface area contributed by atoms with Gasteiger partial charge in [-0.05, 0) is 37.3 Å². The Hall–Kier alpha value is -3.50. The van der Waals surface area contributed by atoms with Crippen LogP contribution in [-0.4, -0.2) is 11.1 Å². The summed E-state index contributed by atoms with van der Waals surface area (Å²) >= 11 is 0. The molecule has 0 fully saturated rings. The lowest BCUT2D eigenvalue weighted by Crippen LogP contribution is -2.18. The maximum absolute atomic E-state index is 13.1. The second kappa shape index (κ2) is 8.32. The zero-order chi connectivity index (χ0) is 22.8. The summed E-state index contributed by atoms with van der Waals surface area (Å²) in [7, 11) is 0. The minimum Gasteiger partial charge on any atom is -0.489 e. The highest BCUT2D eigenvalue weighted by Crippen LogP contribution is 2.35. The molecule has 0 radical (unpaired) electrons. The molecule has 0 atom stereocenters. The summed E-state index contributed by atoms with van der Waals surface area (Å²) in [5.41, 5.74) is -2.72. The third-order valence-electron chi connectivity index (χ3n) is 4.22. The van der Waals surface area contributed by atoms with Crippen LogP contribution < -0.4 is 10.1 Å². The molecular weight excluding hydrogens is 430 g/mol. The highest BCUT2D eigenvalue weighted by Gasteiger charge is 2.34. The molecule has 0 aliphatic rings. The predicted molar refractivity (Wildman–Crippen MR) is 96.4 cm³/mol. The van der Waals surface area contributed by atoms with Crippen LogP contribution in [0.1, 0.15) is 32.9 Å². The highest BCUT2D eigenvalue weighted by molar-refractivity contribution is 6.04. The van der Waals surface area contributed by atoms with E-state index < -0.39 is 35.1 Å². The first kappa shape index (κ1) is 22.2. The maximum atomic E-state index is 13.1. The Morgan fingerprint density at radius 3 is 2.42 bits per heavy atom. The van der Waals surface area contributed by atoms with Crippen molar-refractivity contribution in [3.63, 3.8) is 0 Å². The zero-order valence-electron chi connectivity index (χ0n) is 15.8. The van der Waals surface area contributed by atoms with Gasteiger partial charge in [0.15, 0.2) is 5.69 Å². The average Bonchev–Trinajstić information content (AvgIpc) is 3.06. The van der Waals surface area contributed by atoms with Crippen molar-refractivity contribution >= 4 is 11.6 Å². The van der Waals surface area contributed by atoms with Crippen LogP contribution in [0.5, 0.6) is 5.75 Å². The molecule has 0 spiro atoms. The van der Waals surface area contributed by atoms with E-state index in [-0.39, 0.29) is 29.4 Å². The summed E-state index contributed by atoms with van der Waals surface area (Å²) in [6, 6.07) is 8.46. The quantitative estimate of drug-likeness (QED) is 0.502. The van der Waals surface area contributed by atoms with Crippen LogP contribution in [0.3, 0.4) is 0 Å². The van der Waals surface area contributed by atoms with E-state index in [0.29, 0.717) is 0 Å². The molecule has 3 aromatic rings. The molecule has 1 N–H and O–H groups in total. The van der Waals surface area contributed by atoms with Crippen molar-refractivity contribution in [2.24, 2.45) is 0 Å². The van der Waals surface area contributed by atoms with Gasteiger partial charge in [-0.15, -0.1) is 0 Å². The molecule has 5 nitrogen and oxygen atoms in total. The number of aryl methyl sites for hydroxylation is 1. The number of hydrogen-bond acceptors (Lipinski definition) is 4. The van der Waals surface area contributed by atoms with E-state index in [2.05, 4.69) is 10.5 Å². The van der Waals surface area contributed by atoms with E-state index in [0.717, 1.165) is 30.3 Å². The SMILES string of the molecule is Cc1onc(C(=O)Nc2ccccc2C(F)(F)F)c1COc1cccc(C(F)(F)F)c1. The van der Waals surface area contributed by atoms with Gasteiger partial charge in [-0.1, -0.05) is 23.4 Å². The second-order valence-corrected chi connectivity index (χ2v) is 6.38. The lowest BCUT2D eigenvalue weighted by molar-refractivity contribution is -0.138. The Kier molecular flexibility index (Phi) is 5.96. The fourth-order valence-corrected chi connectivity index (χ4v) is 2.68. The zero-order valence-corrected chi connectivity index (χ0v) is 15.8. The lowest BCUT2D eigenvalue weighted by atomic mass is 10.1. The Balaban J connectivity index is 1.80. The first-order valence-electron chi connectivity index (χ1n) is 8.69. The molecule has 1 aromatic heterocycles. The van der Waals surface area contributed by atoms with Crippen LogP contribution in [0.4, 0.5) is 32.0 Å². The molecular formula is C20H14F6N2O3. The number of carbonyl (C=O) groups is 1. The van der Waals surface area contributed by atoms with E-state index in [1.807, 2.05) is 0 Å². The molecule has 0 saturated carbocycles.